The van der Waals surface area contributed by atoms with Crippen LogP contribution in [0.1, 0.15) is 19.3 Å². The summed E-state index contributed by atoms with van der Waals surface area (Å²) < 4.78 is 11.1. The largest absolute Gasteiger partial charge is 0.450 e. The lowest BCUT2D eigenvalue weighted by Gasteiger charge is -2.31. The van der Waals surface area contributed by atoms with Crippen LogP contribution in [0.15, 0.2) is 12.7 Å². The molecule has 0 aromatic rings. The second-order valence-electron chi connectivity index (χ2n) is 8.51. The van der Waals surface area contributed by atoms with Crippen LogP contribution in [-0.4, -0.2) is 56.3 Å². The molecule has 0 aromatic heterocycles. The maximum atomic E-state index is 12.7. The van der Waals surface area contributed by atoms with Gasteiger partial charge in [-0.25, -0.2) is 4.79 Å². The Morgan fingerprint density at radius 3 is 2.83 bits per heavy atom. The molecule has 134 valence electrons. The number of ketones is 1. The summed E-state index contributed by atoms with van der Waals surface area (Å²) in [6.07, 6.45) is 3.62. The van der Waals surface area contributed by atoms with E-state index in [9.17, 15) is 9.59 Å². The fourth-order valence-electron chi connectivity index (χ4n) is 3.76. The van der Waals surface area contributed by atoms with E-state index in [0.717, 1.165) is 18.9 Å². The topological polar surface area (TPSA) is 59.1 Å². The van der Waals surface area contributed by atoms with Gasteiger partial charge < -0.3 is 14.4 Å². The molecule has 3 rings (SSSR count). The molecule has 5 atom stereocenters. The molecule has 1 aliphatic carbocycles. The molecule has 0 aromatic carbocycles. The van der Waals surface area contributed by atoms with E-state index in [2.05, 4.69) is 26.2 Å². The molecule has 5 nitrogen and oxygen atoms in total. The van der Waals surface area contributed by atoms with Crippen LogP contribution >= 0.6 is 0 Å². The van der Waals surface area contributed by atoms with Gasteiger partial charge in [-0.2, -0.15) is 0 Å². The van der Waals surface area contributed by atoms with Crippen molar-refractivity contribution in [1.82, 2.24) is 4.90 Å². The summed E-state index contributed by atoms with van der Waals surface area (Å²) in [5.41, 5.74) is 0. The molecule has 2 aliphatic heterocycles. The van der Waals surface area contributed by atoms with Crippen molar-refractivity contribution in [3.63, 3.8) is 0 Å². The number of hydrogen-bond acceptors (Lipinski definition) is 4. The van der Waals surface area contributed by atoms with Gasteiger partial charge in [0.25, 0.3) is 0 Å². The molecule has 0 spiro atoms. The van der Waals surface area contributed by atoms with E-state index in [4.69, 9.17) is 9.47 Å². The average molecular weight is 352 g/mol. The fraction of sp³-hybridized carbons (Fsp3) is 0.778. The summed E-state index contributed by atoms with van der Waals surface area (Å²) >= 11 is 0. The van der Waals surface area contributed by atoms with E-state index >= 15 is 0 Å². The summed E-state index contributed by atoms with van der Waals surface area (Å²) in [4.78, 5) is 26.6. The first-order chi connectivity index (χ1) is 11.3. The molecule has 0 unspecified atom stereocenters. The number of hydrogen-bond donors (Lipinski definition) is 0. The van der Waals surface area contributed by atoms with Crippen molar-refractivity contribution in [2.45, 2.75) is 63.2 Å². The first-order valence-corrected chi connectivity index (χ1v) is 12.7. The van der Waals surface area contributed by atoms with Gasteiger partial charge in [-0.1, -0.05) is 25.7 Å². The third kappa shape index (κ3) is 3.91. The number of carbonyl (C=O) groups is 2. The number of ether oxygens (including phenoxy) is 2. The highest BCUT2D eigenvalue weighted by Gasteiger charge is 2.61. The number of nitrogens with zero attached hydrogens (tertiary/aromatic N) is 1. The molecule has 6 heteroatoms. The Kier molecular flexibility index (Phi) is 4.89. The molecule has 2 heterocycles. The average Bonchev–Trinajstić information content (AvgIpc) is 3.36. The molecule has 1 saturated carbocycles. The van der Waals surface area contributed by atoms with E-state index < -0.39 is 8.07 Å². The number of Topliss-reactive ketones (excluding diaryl/α,β-unsaturated/α-hetero) is 1. The van der Waals surface area contributed by atoms with E-state index in [0.29, 0.717) is 31.4 Å². The zero-order chi connectivity index (χ0) is 17.5. The standard InChI is InChI=1S/C18H29NO4Si/c1-5-6-14-12-11-13(12)16-17(23-16)15(20)7-8-19(14)18(21)22-9-10-24(2,3)4/h5,12-14,16-17H,1,6-11H2,2-4H3/t12-,13+,14+,16+,17+/m1/s1. The van der Waals surface area contributed by atoms with Crippen LogP contribution in [0.3, 0.4) is 0 Å². The van der Waals surface area contributed by atoms with Crippen molar-refractivity contribution in [2.24, 2.45) is 11.8 Å². The smallest absolute Gasteiger partial charge is 0.410 e. The van der Waals surface area contributed by atoms with Gasteiger partial charge in [0.15, 0.2) is 5.78 Å². The summed E-state index contributed by atoms with van der Waals surface area (Å²) in [7, 11) is -1.23. The Morgan fingerprint density at radius 2 is 2.17 bits per heavy atom. The predicted molar refractivity (Wildman–Crippen MR) is 94.7 cm³/mol. The van der Waals surface area contributed by atoms with Crippen LogP contribution in [-0.2, 0) is 14.3 Å². The van der Waals surface area contributed by atoms with Crippen LogP contribution in [0.4, 0.5) is 4.79 Å². The van der Waals surface area contributed by atoms with E-state index in [1.54, 1.807) is 4.90 Å². The van der Waals surface area contributed by atoms with Gasteiger partial charge >= 0.3 is 6.09 Å². The molecule has 0 radical (unpaired) electrons. The minimum absolute atomic E-state index is 0.0858. The third-order valence-electron chi connectivity index (χ3n) is 5.37. The summed E-state index contributed by atoms with van der Waals surface area (Å²) in [5, 5.41) is 0. The van der Waals surface area contributed by atoms with Crippen LogP contribution in [0.5, 0.6) is 0 Å². The van der Waals surface area contributed by atoms with E-state index in [1.165, 1.54) is 0 Å². The van der Waals surface area contributed by atoms with Crippen LogP contribution in [0.2, 0.25) is 25.7 Å². The van der Waals surface area contributed by atoms with Gasteiger partial charge in [-0.15, -0.1) is 6.58 Å². The lowest BCUT2D eigenvalue weighted by molar-refractivity contribution is -0.120. The number of amides is 1. The summed E-state index contributed by atoms with van der Waals surface area (Å²) in [6.45, 7) is 11.5. The molecule has 24 heavy (non-hydrogen) atoms. The van der Waals surface area contributed by atoms with Crippen molar-refractivity contribution < 1.29 is 19.1 Å². The zero-order valence-electron chi connectivity index (χ0n) is 15.0. The minimum atomic E-state index is -1.23. The van der Waals surface area contributed by atoms with Crippen molar-refractivity contribution in [3.05, 3.63) is 12.7 Å². The van der Waals surface area contributed by atoms with Gasteiger partial charge in [0, 0.05) is 27.1 Å². The first kappa shape index (κ1) is 17.7. The first-order valence-electron chi connectivity index (χ1n) is 9.04. The van der Waals surface area contributed by atoms with Gasteiger partial charge in [0.05, 0.1) is 12.7 Å². The van der Waals surface area contributed by atoms with Gasteiger partial charge in [0.2, 0.25) is 0 Å². The van der Waals surface area contributed by atoms with Crippen molar-refractivity contribution in [3.8, 4) is 0 Å². The molecular formula is C18H29NO4Si. The Bertz CT molecular complexity index is 530. The molecule has 0 N–H and O–H groups in total. The second kappa shape index (κ2) is 6.63. The van der Waals surface area contributed by atoms with Crippen LogP contribution in [0.25, 0.3) is 0 Å². The lowest BCUT2D eigenvalue weighted by atomic mass is 10.0. The number of rotatable bonds is 5. The van der Waals surface area contributed by atoms with E-state index in [-0.39, 0.29) is 30.1 Å². The number of carbonyl (C=O) groups excluding carboxylic acids is 2. The van der Waals surface area contributed by atoms with E-state index in [1.807, 2.05) is 6.08 Å². The maximum Gasteiger partial charge on any atom is 0.410 e. The molecule has 2 saturated heterocycles. The van der Waals surface area contributed by atoms with Gasteiger partial charge in [-0.3, -0.25) is 4.79 Å². The normalized spacial score (nSPS) is 35.0. The lowest BCUT2D eigenvalue weighted by Crippen LogP contribution is -2.43. The molecule has 1 amide bonds. The fourth-order valence-corrected chi connectivity index (χ4v) is 4.48. The SMILES string of the molecule is C=CC[C@H]1[C@@H]2C[C@@H]2[C@@H]2O[C@H]2C(=O)CCN1C(=O)OCC[Si](C)(C)C. The van der Waals surface area contributed by atoms with Crippen molar-refractivity contribution in [1.29, 1.82) is 0 Å². The second-order valence-corrected chi connectivity index (χ2v) is 14.1. The Hall–Kier alpha value is -1.14. The minimum Gasteiger partial charge on any atom is -0.450 e. The van der Waals surface area contributed by atoms with Crippen molar-refractivity contribution >= 4 is 20.0 Å². The number of epoxide rings is 1. The van der Waals surface area contributed by atoms with Crippen molar-refractivity contribution in [2.75, 3.05) is 13.2 Å². The molecule has 3 fully saturated rings. The quantitative estimate of drug-likeness (QED) is 0.434. The molecular weight excluding hydrogens is 322 g/mol. The molecule has 0 bridgehead atoms. The van der Waals surface area contributed by atoms with Gasteiger partial charge in [-0.05, 0) is 30.7 Å². The van der Waals surface area contributed by atoms with Crippen LogP contribution < -0.4 is 0 Å². The Morgan fingerprint density at radius 1 is 1.42 bits per heavy atom. The summed E-state index contributed by atoms with van der Waals surface area (Å²) in [6, 6.07) is 1.05. The van der Waals surface area contributed by atoms with Gasteiger partial charge in [0.1, 0.15) is 6.10 Å². The third-order valence-corrected chi connectivity index (χ3v) is 7.07. The highest BCUT2D eigenvalue weighted by Crippen LogP contribution is 2.54. The highest BCUT2D eigenvalue weighted by atomic mass is 28.3. The van der Waals surface area contributed by atoms with Crippen LogP contribution in [0, 0.1) is 11.8 Å². The Labute approximate surface area is 145 Å². The predicted octanol–water partition coefficient (Wildman–Crippen LogP) is 3.08. The molecule has 3 aliphatic rings. The zero-order valence-corrected chi connectivity index (χ0v) is 16.0. The monoisotopic (exact) mass is 351 g/mol. The Balaban J connectivity index is 1.66. The maximum absolute atomic E-state index is 12.7. The highest BCUT2D eigenvalue weighted by molar-refractivity contribution is 6.76. The number of fused-ring (bicyclic) bond motifs is 3. The summed E-state index contributed by atoms with van der Waals surface area (Å²) in [5.74, 6) is 0.956.